The average Bonchev–Trinajstić information content (AvgIpc) is 3.03. The number of amides is 2. The second-order valence-electron chi connectivity index (χ2n) is 8.33. The van der Waals surface area contributed by atoms with Gasteiger partial charge < -0.3 is 10.2 Å². The summed E-state index contributed by atoms with van der Waals surface area (Å²) < 4.78 is 0. The molecule has 4 rings (SSSR count). The van der Waals surface area contributed by atoms with E-state index in [9.17, 15) is 9.59 Å². The van der Waals surface area contributed by atoms with Crippen molar-refractivity contribution in [2.24, 2.45) is 5.92 Å². The van der Waals surface area contributed by atoms with Crippen molar-refractivity contribution >= 4 is 17.5 Å². The van der Waals surface area contributed by atoms with Crippen LogP contribution in [0.25, 0.3) is 0 Å². The lowest BCUT2D eigenvalue weighted by Gasteiger charge is -2.34. The quantitative estimate of drug-likeness (QED) is 0.839. The predicted molar refractivity (Wildman–Crippen MR) is 111 cm³/mol. The van der Waals surface area contributed by atoms with Gasteiger partial charge in [-0.3, -0.25) is 9.59 Å². The molecule has 0 spiro atoms. The number of rotatable bonds is 3. The van der Waals surface area contributed by atoms with Gasteiger partial charge in [-0.1, -0.05) is 18.2 Å². The second-order valence-corrected chi connectivity index (χ2v) is 8.33. The van der Waals surface area contributed by atoms with Gasteiger partial charge >= 0.3 is 0 Å². The van der Waals surface area contributed by atoms with Crippen LogP contribution >= 0.6 is 0 Å². The highest BCUT2D eigenvalue weighted by Crippen LogP contribution is 2.34. The number of hydrogen-bond donors (Lipinski definition) is 1. The van der Waals surface area contributed by atoms with Gasteiger partial charge in [-0.15, -0.1) is 0 Å². The van der Waals surface area contributed by atoms with Crippen molar-refractivity contribution in [1.29, 1.82) is 0 Å². The van der Waals surface area contributed by atoms with Gasteiger partial charge in [-0.25, -0.2) is 0 Å². The zero-order chi connectivity index (χ0) is 19.8. The fraction of sp³-hybridized carbons (Fsp3) is 0.417. The minimum Gasteiger partial charge on any atom is -0.331 e. The molecule has 1 saturated carbocycles. The van der Waals surface area contributed by atoms with Crippen LogP contribution < -0.4 is 5.32 Å². The van der Waals surface area contributed by atoms with Crippen LogP contribution in [0.2, 0.25) is 0 Å². The van der Waals surface area contributed by atoms with Crippen LogP contribution in [0.1, 0.15) is 58.3 Å². The summed E-state index contributed by atoms with van der Waals surface area (Å²) in [5, 5.41) is 3.07. The van der Waals surface area contributed by atoms with Crippen molar-refractivity contribution < 1.29 is 9.59 Å². The summed E-state index contributed by atoms with van der Waals surface area (Å²) in [5.74, 6) is 0.287. The van der Waals surface area contributed by atoms with Gasteiger partial charge in [-0.2, -0.15) is 0 Å². The van der Waals surface area contributed by atoms with Gasteiger partial charge in [0.2, 0.25) is 5.91 Å². The number of anilines is 1. The Labute approximate surface area is 166 Å². The van der Waals surface area contributed by atoms with E-state index in [0.717, 1.165) is 36.9 Å². The zero-order valence-electron chi connectivity index (χ0n) is 16.9. The molecule has 0 unspecified atom stereocenters. The molecule has 2 amide bonds. The summed E-state index contributed by atoms with van der Waals surface area (Å²) in [4.78, 5) is 27.5. The first kappa shape index (κ1) is 18.7. The van der Waals surface area contributed by atoms with Crippen LogP contribution in [0.3, 0.4) is 0 Å². The van der Waals surface area contributed by atoms with Gasteiger partial charge in [0.25, 0.3) is 5.91 Å². The summed E-state index contributed by atoms with van der Waals surface area (Å²) in [6.45, 7) is 6.92. The van der Waals surface area contributed by atoms with Crippen molar-refractivity contribution in [3.8, 4) is 0 Å². The Morgan fingerprint density at radius 1 is 0.964 bits per heavy atom. The average molecular weight is 377 g/mol. The molecule has 2 aromatic rings. The third-order valence-electron chi connectivity index (χ3n) is 6.51. The Morgan fingerprint density at radius 2 is 1.71 bits per heavy atom. The largest absolute Gasteiger partial charge is 0.331 e. The Morgan fingerprint density at radius 3 is 2.39 bits per heavy atom. The fourth-order valence-electron chi connectivity index (χ4n) is 4.52. The molecule has 146 valence electrons. The highest BCUT2D eigenvalue weighted by molar-refractivity contribution is 5.99. The van der Waals surface area contributed by atoms with E-state index in [1.54, 1.807) is 0 Å². The van der Waals surface area contributed by atoms with E-state index in [0.29, 0.717) is 6.54 Å². The second kappa shape index (κ2) is 7.42. The van der Waals surface area contributed by atoms with E-state index in [1.807, 2.05) is 35.2 Å². The van der Waals surface area contributed by atoms with Gasteiger partial charge in [-0.05, 0) is 86.9 Å². The lowest BCUT2D eigenvalue weighted by molar-refractivity contribution is -0.121. The monoisotopic (exact) mass is 376 g/mol. The molecule has 1 aliphatic carbocycles. The molecule has 2 aromatic carbocycles. The van der Waals surface area contributed by atoms with E-state index in [-0.39, 0.29) is 23.8 Å². The van der Waals surface area contributed by atoms with Crippen molar-refractivity contribution in [2.45, 2.75) is 59.0 Å². The first-order valence-electron chi connectivity index (χ1n) is 10.2. The van der Waals surface area contributed by atoms with E-state index < -0.39 is 0 Å². The maximum absolute atomic E-state index is 12.8. The van der Waals surface area contributed by atoms with Crippen LogP contribution in [0.4, 0.5) is 5.69 Å². The molecule has 1 fully saturated rings. The molecular formula is C24H28N2O2. The maximum Gasteiger partial charge on any atom is 0.254 e. The number of carbonyl (C=O) groups excluding carboxylic acids is 2. The molecule has 1 heterocycles. The molecule has 2 aliphatic rings. The number of carbonyl (C=O) groups is 2. The first-order chi connectivity index (χ1) is 13.4. The summed E-state index contributed by atoms with van der Waals surface area (Å²) in [6.07, 6.45) is 3.45. The third-order valence-corrected chi connectivity index (χ3v) is 6.51. The van der Waals surface area contributed by atoms with Crippen molar-refractivity contribution in [1.82, 2.24) is 4.90 Å². The summed E-state index contributed by atoms with van der Waals surface area (Å²) in [5.41, 5.74) is 6.50. The number of aryl methyl sites for hydroxylation is 3. The molecular weight excluding hydrogens is 348 g/mol. The van der Waals surface area contributed by atoms with E-state index >= 15 is 0 Å². The molecule has 1 aliphatic heterocycles. The van der Waals surface area contributed by atoms with Crippen LogP contribution in [0.5, 0.6) is 0 Å². The highest BCUT2D eigenvalue weighted by atomic mass is 16.2. The fourth-order valence-corrected chi connectivity index (χ4v) is 4.52. The highest BCUT2D eigenvalue weighted by Gasteiger charge is 2.36. The van der Waals surface area contributed by atoms with Gasteiger partial charge in [0.15, 0.2) is 0 Å². The Kier molecular flexibility index (Phi) is 4.96. The summed E-state index contributed by atoms with van der Waals surface area (Å²) in [6, 6.07) is 12.3. The minimum atomic E-state index is 0.0275. The van der Waals surface area contributed by atoms with Crippen molar-refractivity contribution in [2.75, 3.05) is 5.32 Å². The molecule has 28 heavy (non-hydrogen) atoms. The number of nitrogens with one attached hydrogen (secondary N) is 1. The maximum atomic E-state index is 12.8. The van der Waals surface area contributed by atoms with Crippen LogP contribution in [0.15, 0.2) is 36.4 Å². The predicted octanol–water partition coefficient (Wildman–Crippen LogP) is 4.77. The Hall–Kier alpha value is -2.62. The lowest BCUT2D eigenvalue weighted by atomic mass is 9.84. The van der Waals surface area contributed by atoms with E-state index in [2.05, 4.69) is 32.2 Å². The molecule has 1 N–H and O–H groups in total. The summed E-state index contributed by atoms with van der Waals surface area (Å²) >= 11 is 0. The van der Waals surface area contributed by atoms with Crippen molar-refractivity contribution in [3.63, 3.8) is 0 Å². The van der Waals surface area contributed by atoms with Crippen LogP contribution in [-0.4, -0.2) is 22.8 Å². The molecule has 4 heteroatoms. The summed E-state index contributed by atoms with van der Waals surface area (Å²) in [7, 11) is 0. The van der Waals surface area contributed by atoms with E-state index in [4.69, 9.17) is 0 Å². The van der Waals surface area contributed by atoms with Gasteiger partial charge in [0.1, 0.15) is 0 Å². The first-order valence-corrected chi connectivity index (χ1v) is 10.2. The van der Waals surface area contributed by atoms with Gasteiger partial charge in [0.05, 0.1) is 0 Å². The molecule has 0 bridgehead atoms. The minimum absolute atomic E-state index is 0.0275. The lowest BCUT2D eigenvalue weighted by Crippen LogP contribution is -2.40. The normalized spacial score (nSPS) is 21.5. The van der Waals surface area contributed by atoms with Gasteiger partial charge in [0, 0.05) is 29.8 Å². The Balaban J connectivity index is 1.36. The van der Waals surface area contributed by atoms with Crippen molar-refractivity contribution in [3.05, 3.63) is 64.2 Å². The molecule has 0 saturated heterocycles. The van der Waals surface area contributed by atoms with Crippen LogP contribution in [-0.2, 0) is 11.3 Å². The SMILES string of the molecule is Cc1ccc(NC(=O)C2CCC(N3Cc4c(C)cccc4C3=O)CC2)cc1C. The molecule has 0 radical (unpaired) electrons. The molecule has 0 aromatic heterocycles. The topological polar surface area (TPSA) is 49.4 Å². The zero-order valence-corrected chi connectivity index (χ0v) is 16.9. The standard InChI is InChI=1S/C24H28N2O2/c1-15-7-10-19(13-17(15)3)25-23(27)18-8-11-20(12-9-18)26-14-22-16(2)5-4-6-21(22)24(26)28/h4-7,10,13,18,20H,8-9,11-12,14H2,1-3H3,(H,25,27). The molecule has 0 atom stereocenters. The van der Waals surface area contributed by atoms with Crippen LogP contribution in [0, 0.1) is 26.7 Å². The number of fused-ring (bicyclic) bond motifs is 1. The smallest absolute Gasteiger partial charge is 0.254 e. The number of hydrogen-bond acceptors (Lipinski definition) is 2. The number of benzene rings is 2. The third kappa shape index (κ3) is 3.44. The van der Waals surface area contributed by atoms with E-state index in [1.165, 1.54) is 22.3 Å². The Bertz CT molecular complexity index is 926. The number of nitrogens with zero attached hydrogens (tertiary/aromatic N) is 1. The molecule has 4 nitrogen and oxygen atoms in total.